The van der Waals surface area contributed by atoms with E-state index in [1.165, 1.54) is 0 Å². The molecular formula is C5H11N3Na2O4. The molecule has 1 rings (SSSR count). The summed E-state index contributed by atoms with van der Waals surface area (Å²) in [5, 5.41) is 30.7. The Bertz CT molecular complexity index is 234. The fourth-order valence-electron chi connectivity index (χ4n) is 1.26. The van der Waals surface area contributed by atoms with Gasteiger partial charge in [0.2, 0.25) is 5.28 Å². The van der Waals surface area contributed by atoms with Gasteiger partial charge in [-0.15, -0.1) is 5.01 Å². The van der Waals surface area contributed by atoms with E-state index >= 15 is 0 Å². The van der Waals surface area contributed by atoms with E-state index in [1.807, 2.05) is 0 Å². The van der Waals surface area contributed by atoms with Crippen LogP contribution in [0.5, 0.6) is 0 Å². The molecule has 0 saturated carbocycles. The fraction of sp³-hybridized carbons (Fsp3) is 0.800. The van der Waals surface area contributed by atoms with Crippen molar-refractivity contribution >= 4 is 5.97 Å². The van der Waals surface area contributed by atoms with Crippen molar-refractivity contribution < 1.29 is 82.0 Å². The number of hydrogen-bond donors (Lipinski definition) is 2. The molecule has 7 nitrogen and oxygen atoms in total. The first-order valence-corrected chi connectivity index (χ1v) is 3.48. The maximum absolute atomic E-state index is 10.7. The Labute approximate surface area is 128 Å². The van der Waals surface area contributed by atoms with Gasteiger partial charge in [-0.3, -0.25) is 0 Å². The molecule has 0 amide bonds. The van der Waals surface area contributed by atoms with Gasteiger partial charge in [0.05, 0.1) is 11.5 Å². The van der Waals surface area contributed by atoms with Gasteiger partial charge in [-0.1, -0.05) is 0 Å². The number of hydrazine groups is 1. The first kappa shape index (κ1) is 16.9. The van der Waals surface area contributed by atoms with Gasteiger partial charge in [0.1, 0.15) is 0 Å². The van der Waals surface area contributed by atoms with Gasteiger partial charge in [-0.2, -0.15) is 0 Å². The summed E-state index contributed by atoms with van der Waals surface area (Å²) in [5.41, 5.74) is 0. The van der Waals surface area contributed by atoms with Crippen molar-refractivity contribution in [3.05, 3.63) is 5.21 Å². The number of carboxylic acids is 1. The Balaban J connectivity index is -0.000000180. The summed E-state index contributed by atoms with van der Waals surface area (Å²) >= 11 is 0. The van der Waals surface area contributed by atoms with Gasteiger partial charge in [-0.05, 0) is 12.8 Å². The summed E-state index contributed by atoms with van der Waals surface area (Å²) in [7, 11) is 0. The number of rotatable bonds is 2. The third kappa shape index (κ3) is 3.92. The molecule has 0 aromatic rings. The normalized spacial score (nSPS) is 21.0. The van der Waals surface area contributed by atoms with Crippen LogP contribution in [-0.2, 0) is 4.79 Å². The molecule has 1 aliphatic rings. The molecule has 1 heterocycles. The first-order chi connectivity index (χ1) is 5.66. The minimum Gasteiger partial charge on any atom is -1.00 e. The van der Waals surface area contributed by atoms with Crippen LogP contribution in [0.25, 0.3) is 0 Å². The molecule has 72 valence electrons. The summed E-state index contributed by atoms with van der Waals surface area (Å²) in [4.78, 5) is 10.4. The van der Waals surface area contributed by atoms with E-state index in [1.54, 1.807) is 0 Å². The molecular weight excluding hydrogens is 212 g/mol. The van der Waals surface area contributed by atoms with Crippen molar-refractivity contribution in [1.29, 1.82) is 0 Å². The van der Waals surface area contributed by atoms with Gasteiger partial charge >= 0.3 is 65.1 Å². The van der Waals surface area contributed by atoms with E-state index in [-0.39, 0.29) is 66.9 Å². The predicted octanol–water partition coefficient (Wildman–Crippen LogP) is -5.96. The second-order valence-corrected chi connectivity index (χ2v) is 2.50. The summed E-state index contributed by atoms with van der Waals surface area (Å²) in [5.74, 6) is -1.07. The van der Waals surface area contributed by atoms with Gasteiger partial charge in [-0.25, -0.2) is 4.79 Å². The Hall–Kier alpha value is 0.470. The average Bonchev–Trinajstić information content (AvgIpc) is 2.50. The third-order valence-corrected chi connectivity index (χ3v) is 1.81. The molecule has 1 saturated heterocycles. The fourth-order valence-corrected chi connectivity index (χ4v) is 1.26. The monoisotopic (exact) mass is 223 g/mol. The second kappa shape index (κ2) is 7.72. The van der Waals surface area contributed by atoms with Crippen LogP contribution in [0.3, 0.4) is 0 Å². The summed E-state index contributed by atoms with van der Waals surface area (Å²) in [6, 6.07) is -0.863. The van der Waals surface area contributed by atoms with E-state index in [0.29, 0.717) is 19.4 Å². The minimum absolute atomic E-state index is 0. The molecule has 1 aliphatic heterocycles. The van der Waals surface area contributed by atoms with Crippen LogP contribution in [0.2, 0.25) is 0 Å². The van der Waals surface area contributed by atoms with Crippen molar-refractivity contribution in [3.8, 4) is 0 Å². The molecule has 1 fully saturated rings. The van der Waals surface area contributed by atoms with Gasteiger partial charge in [0.15, 0.2) is 6.04 Å². The summed E-state index contributed by atoms with van der Waals surface area (Å²) < 4.78 is 0. The zero-order valence-electron chi connectivity index (χ0n) is 10.3. The van der Waals surface area contributed by atoms with E-state index in [0.717, 1.165) is 5.01 Å². The molecule has 1 atom stereocenters. The zero-order valence-corrected chi connectivity index (χ0v) is 12.3. The maximum Gasteiger partial charge on any atom is 1.00 e. The number of nitrogens with zero attached hydrogens (tertiary/aromatic N) is 3. The van der Waals surface area contributed by atoms with Crippen LogP contribution in [-0.4, -0.2) is 38.8 Å². The Kier molecular flexibility index (Phi) is 9.31. The van der Waals surface area contributed by atoms with Crippen LogP contribution >= 0.6 is 0 Å². The molecule has 14 heavy (non-hydrogen) atoms. The average molecular weight is 223 g/mol. The molecule has 0 bridgehead atoms. The van der Waals surface area contributed by atoms with Crippen molar-refractivity contribution in [2.45, 2.75) is 18.9 Å². The standard InChI is InChI=1S/C5H9N3O4.2Na.2H/c9-5(10)4-2-1-3-7(4)8(12)6-11;;;;/h4,11H,1-3H2,(H,9,10);;;;/q;2*+1;2*-1. The van der Waals surface area contributed by atoms with Gasteiger partial charge in [0, 0.05) is 0 Å². The van der Waals surface area contributed by atoms with Crippen molar-refractivity contribution in [3.63, 3.8) is 0 Å². The Morgan fingerprint density at radius 1 is 1.64 bits per heavy atom. The third-order valence-electron chi connectivity index (χ3n) is 1.81. The number of aliphatic carboxylic acids is 1. The molecule has 2 N–H and O–H groups in total. The van der Waals surface area contributed by atoms with E-state index < -0.39 is 12.0 Å². The first-order valence-electron chi connectivity index (χ1n) is 3.48. The predicted molar refractivity (Wildman–Crippen MR) is 37.4 cm³/mol. The number of carbonyl (C=O) groups is 1. The second-order valence-electron chi connectivity index (χ2n) is 2.50. The maximum atomic E-state index is 10.7. The number of carboxylic acid groups (broad SMARTS) is 1. The van der Waals surface area contributed by atoms with E-state index in [2.05, 4.69) is 5.28 Å². The van der Waals surface area contributed by atoms with Crippen molar-refractivity contribution in [1.82, 2.24) is 5.01 Å². The van der Waals surface area contributed by atoms with Crippen LogP contribution in [0.4, 0.5) is 0 Å². The molecule has 1 unspecified atom stereocenters. The van der Waals surface area contributed by atoms with Crippen molar-refractivity contribution in [2.75, 3.05) is 6.54 Å². The van der Waals surface area contributed by atoms with Crippen LogP contribution in [0.15, 0.2) is 5.28 Å². The molecule has 0 aromatic heterocycles. The Morgan fingerprint density at radius 2 is 2.21 bits per heavy atom. The molecule has 0 aliphatic carbocycles. The summed E-state index contributed by atoms with van der Waals surface area (Å²) in [6.07, 6.45) is 1.02. The minimum atomic E-state index is -1.07. The van der Waals surface area contributed by atoms with Crippen LogP contribution < -0.4 is 59.1 Å². The molecule has 0 spiro atoms. The van der Waals surface area contributed by atoms with Gasteiger partial charge < -0.3 is 18.4 Å². The largest absolute Gasteiger partial charge is 1.00 e. The van der Waals surface area contributed by atoms with E-state index in [9.17, 15) is 10.0 Å². The van der Waals surface area contributed by atoms with Crippen LogP contribution in [0, 0.1) is 5.21 Å². The Morgan fingerprint density at radius 3 is 2.64 bits per heavy atom. The molecule has 0 radical (unpaired) electrons. The van der Waals surface area contributed by atoms with Crippen LogP contribution in [0.1, 0.15) is 15.7 Å². The SMILES string of the molecule is O=C(O)C1CCCN1[N+]([O-])=NO.[H-].[H-].[Na+].[Na+]. The smallest absolute Gasteiger partial charge is 1.00 e. The van der Waals surface area contributed by atoms with Gasteiger partial charge in [0.25, 0.3) is 0 Å². The van der Waals surface area contributed by atoms with Crippen molar-refractivity contribution in [2.24, 2.45) is 5.28 Å². The topological polar surface area (TPSA) is 99.2 Å². The van der Waals surface area contributed by atoms with E-state index in [4.69, 9.17) is 10.3 Å². The zero-order chi connectivity index (χ0) is 9.14. The quantitative estimate of drug-likeness (QED) is 0.210. The number of hydrogen-bond acceptors (Lipinski definition) is 3. The molecule has 9 heteroatoms. The summed E-state index contributed by atoms with van der Waals surface area (Å²) in [6.45, 7) is 0.310. The molecule has 0 aromatic carbocycles.